The van der Waals surface area contributed by atoms with E-state index in [1.807, 2.05) is 12.1 Å². The molecule has 0 aliphatic rings. The molecule has 1 aromatic carbocycles. The standard InChI is InChI=1S/C13H14N2O3/c1-17-10-4-3-9(11(8-10)18-2)7-12-14-6-5-13(16)15-12/h3-6,8H,7H2,1-2H3,(H,14,15,16). The topological polar surface area (TPSA) is 64.2 Å². The molecule has 18 heavy (non-hydrogen) atoms. The van der Waals surface area contributed by atoms with Gasteiger partial charge in [0.15, 0.2) is 0 Å². The van der Waals surface area contributed by atoms with Crippen molar-refractivity contribution in [2.24, 2.45) is 0 Å². The summed E-state index contributed by atoms with van der Waals surface area (Å²) in [5.41, 5.74) is 0.778. The van der Waals surface area contributed by atoms with Gasteiger partial charge in [0, 0.05) is 30.3 Å². The lowest BCUT2D eigenvalue weighted by molar-refractivity contribution is 0.391. The third-order valence-electron chi connectivity index (χ3n) is 2.58. The van der Waals surface area contributed by atoms with Crippen molar-refractivity contribution in [3.63, 3.8) is 0 Å². The number of nitrogens with zero attached hydrogens (tertiary/aromatic N) is 1. The van der Waals surface area contributed by atoms with E-state index in [0.29, 0.717) is 18.0 Å². The lowest BCUT2D eigenvalue weighted by atomic mass is 10.1. The summed E-state index contributed by atoms with van der Waals surface area (Å²) >= 11 is 0. The zero-order chi connectivity index (χ0) is 13.0. The Labute approximate surface area is 104 Å². The fourth-order valence-electron chi connectivity index (χ4n) is 1.68. The average molecular weight is 246 g/mol. The number of hydrogen-bond donors (Lipinski definition) is 1. The van der Waals surface area contributed by atoms with Crippen LogP contribution in [-0.4, -0.2) is 24.2 Å². The van der Waals surface area contributed by atoms with Crippen molar-refractivity contribution >= 4 is 0 Å². The van der Waals surface area contributed by atoms with Crippen LogP contribution in [0, 0.1) is 0 Å². The molecule has 94 valence electrons. The van der Waals surface area contributed by atoms with E-state index in [1.54, 1.807) is 20.3 Å². The predicted octanol–water partition coefficient (Wildman–Crippen LogP) is 1.38. The number of hydrogen-bond acceptors (Lipinski definition) is 4. The Morgan fingerprint density at radius 1 is 1.22 bits per heavy atom. The maximum atomic E-state index is 11.2. The quantitative estimate of drug-likeness (QED) is 0.885. The highest BCUT2D eigenvalue weighted by Crippen LogP contribution is 2.25. The first-order valence-corrected chi connectivity index (χ1v) is 5.48. The molecule has 5 heteroatoms. The van der Waals surface area contributed by atoms with Gasteiger partial charge in [-0.05, 0) is 6.07 Å². The minimum Gasteiger partial charge on any atom is -0.497 e. The Balaban J connectivity index is 2.31. The normalized spacial score (nSPS) is 10.1. The van der Waals surface area contributed by atoms with Gasteiger partial charge in [-0.15, -0.1) is 0 Å². The fourth-order valence-corrected chi connectivity index (χ4v) is 1.68. The molecule has 0 amide bonds. The Hall–Kier alpha value is -2.30. The molecule has 5 nitrogen and oxygen atoms in total. The number of ether oxygens (including phenoxy) is 2. The second kappa shape index (κ2) is 5.35. The first-order valence-electron chi connectivity index (χ1n) is 5.48. The first kappa shape index (κ1) is 12.2. The minimum absolute atomic E-state index is 0.160. The van der Waals surface area contributed by atoms with Gasteiger partial charge in [0.1, 0.15) is 17.3 Å². The predicted molar refractivity (Wildman–Crippen MR) is 67.2 cm³/mol. The molecule has 0 radical (unpaired) electrons. The highest BCUT2D eigenvalue weighted by molar-refractivity contribution is 5.41. The Morgan fingerprint density at radius 3 is 2.72 bits per heavy atom. The molecule has 0 saturated carbocycles. The lowest BCUT2D eigenvalue weighted by Gasteiger charge is -2.09. The summed E-state index contributed by atoms with van der Waals surface area (Å²) < 4.78 is 10.4. The van der Waals surface area contributed by atoms with E-state index in [-0.39, 0.29) is 5.56 Å². The van der Waals surface area contributed by atoms with Crippen molar-refractivity contribution < 1.29 is 9.47 Å². The van der Waals surface area contributed by atoms with Crippen molar-refractivity contribution in [1.82, 2.24) is 9.97 Å². The van der Waals surface area contributed by atoms with Crippen LogP contribution in [0.4, 0.5) is 0 Å². The van der Waals surface area contributed by atoms with Crippen molar-refractivity contribution in [2.75, 3.05) is 14.2 Å². The van der Waals surface area contributed by atoms with Crippen molar-refractivity contribution in [1.29, 1.82) is 0 Å². The SMILES string of the molecule is COc1ccc(Cc2nccc(=O)[nH]2)c(OC)c1. The summed E-state index contributed by atoms with van der Waals surface area (Å²) in [6.45, 7) is 0. The van der Waals surface area contributed by atoms with Gasteiger partial charge in [-0.1, -0.05) is 6.07 Å². The number of benzene rings is 1. The highest BCUT2D eigenvalue weighted by Gasteiger charge is 2.07. The third kappa shape index (κ3) is 2.68. The molecular weight excluding hydrogens is 232 g/mol. The Bertz CT molecular complexity index is 593. The van der Waals surface area contributed by atoms with Gasteiger partial charge in [0.2, 0.25) is 0 Å². The van der Waals surface area contributed by atoms with E-state index in [0.717, 1.165) is 11.3 Å². The van der Waals surface area contributed by atoms with E-state index in [1.165, 1.54) is 12.3 Å². The van der Waals surface area contributed by atoms with Crippen LogP contribution in [0.15, 0.2) is 35.3 Å². The molecule has 1 N–H and O–H groups in total. The molecule has 0 spiro atoms. The number of methoxy groups -OCH3 is 2. The smallest absolute Gasteiger partial charge is 0.250 e. The molecule has 2 rings (SSSR count). The number of aromatic amines is 1. The monoisotopic (exact) mass is 246 g/mol. The molecule has 1 aromatic heterocycles. The highest BCUT2D eigenvalue weighted by atomic mass is 16.5. The van der Waals surface area contributed by atoms with Gasteiger partial charge in [-0.2, -0.15) is 0 Å². The van der Waals surface area contributed by atoms with Crippen molar-refractivity contribution in [3.05, 3.63) is 52.2 Å². The summed E-state index contributed by atoms with van der Waals surface area (Å²) in [6, 6.07) is 6.93. The van der Waals surface area contributed by atoms with E-state index in [9.17, 15) is 4.79 Å². The van der Waals surface area contributed by atoms with Crippen LogP contribution < -0.4 is 15.0 Å². The third-order valence-corrected chi connectivity index (χ3v) is 2.58. The first-order chi connectivity index (χ1) is 8.72. The van der Waals surface area contributed by atoms with Crippen LogP contribution in [-0.2, 0) is 6.42 Å². The minimum atomic E-state index is -0.160. The summed E-state index contributed by atoms with van der Waals surface area (Å²) in [5.74, 6) is 2.04. The van der Waals surface area contributed by atoms with E-state index < -0.39 is 0 Å². The number of nitrogens with one attached hydrogen (secondary N) is 1. The van der Waals surface area contributed by atoms with Gasteiger partial charge in [-0.25, -0.2) is 4.98 Å². The largest absolute Gasteiger partial charge is 0.497 e. The van der Waals surface area contributed by atoms with Crippen molar-refractivity contribution in [2.45, 2.75) is 6.42 Å². The van der Waals surface area contributed by atoms with Gasteiger partial charge in [0.25, 0.3) is 5.56 Å². The second-order valence-electron chi connectivity index (χ2n) is 3.74. The Morgan fingerprint density at radius 2 is 2.06 bits per heavy atom. The van der Waals surface area contributed by atoms with Crippen LogP contribution in [0.1, 0.15) is 11.4 Å². The van der Waals surface area contributed by atoms with E-state index >= 15 is 0 Å². The van der Waals surface area contributed by atoms with Gasteiger partial charge < -0.3 is 14.5 Å². The number of H-pyrrole nitrogens is 1. The van der Waals surface area contributed by atoms with Crippen LogP contribution in [0.3, 0.4) is 0 Å². The molecule has 0 aliphatic heterocycles. The average Bonchev–Trinajstić information content (AvgIpc) is 2.39. The Kier molecular flexibility index (Phi) is 3.62. The zero-order valence-electron chi connectivity index (χ0n) is 10.3. The van der Waals surface area contributed by atoms with E-state index in [4.69, 9.17) is 9.47 Å². The molecule has 2 aromatic rings. The van der Waals surface area contributed by atoms with Crippen LogP contribution in [0.25, 0.3) is 0 Å². The zero-order valence-corrected chi connectivity index (χ0v) is 10.3. The van der Waals surface area contributed by atoms with Crippen LogP contribution >= 0.6 is 0 Å². The molecule has 0 unspecified atom stereocenters. The summed E-state index contributed by atoms with van der Waals surface area (Å²) in [4.78, 5) is 18.0. The van der Waals surface area contributed by atoms with Crippen molar-refractivity contribution in [3.8, 4) is 11.5 Å². The molecule has 1 heterocycles. The van der Waals surface area contributed by atoms with Gasteiger partial charge in [0.05, 0.1) is 14.2 Å². The van der Waals surface area contributed by atoms with E-state index in [2.05, 4.69) is 9.97 Å². The fraction of sp³-hybridized carbons (Fsp3) is 0.231. The summed E-state index contributed by atoms with van der Waals surface area (Å²) in [6.07, 6.45) is 1.99. The molecule has 0 aliphatic carbocycles. The number of aromatic nitrogens is 2. The second-order valence-corrected chi connectivity index (χ2v) is 3.74. The molecule has 0 atom stereocenters. The maximum absolute atomic E-state index is 11.2. The summed E-state index contributed by atoms with van der Waals surface area (Å²) in [7, 11) is 3.20. The summed E-state index contributed by atoms with van der Waals surface area (Å²) in [5, 5.41) is 0. The van der Waals surface area contributed by atoms with Gasteiger partial charge >= 0.3 is 0 Å². The van der Waals surface area contributed by atoms with Crippen LogP contribution in [0.2, 0.25) is 0 Å². The molecular formula is C13H14N2O3. The van der Waals surface area contributed by atoms with Crippen LogP contribution in [0.5, 0.6) is 11.5 Å². The van der Waals surface area contributed by atoms with Gasteiger partial charge in [-0.3, -0.25) is 4.79 Å². The molecule has 0 saturated heterocycles. The number of rotatable bonds is 4. The molecule has 0 fully saturated rings. The molecule has 0 bridgehead atoms. The maximum Gasteiger partial charge on any atom is 0.250 e. The lowest BCUT2D eigenvalue weighted by Crippen LogP contribution is -2.09.